The molecule has 0 spiro atoms. The summed E-state index contributed by atoms with van der Waals surface area (Å²) in [5, 5.41) is 0.340. The van der Waals surface area contributed by atoms with Crippen LogP contribution in [0.4, 0.5) is 0 Å². The smallest absolute Gasteiger partial charge is 0.249 e. The predicted octanol–water partition coefficient (Wildman–Crippen LogP) is 1.55. The van der Waals surface area contributed by atoms with Crippen LogP contribution < -0.4 is 0 Å². The van der Waals surface area contributed by atoms with Gasteiger partial charge < -0.3 is 4.65 Å². The predicted molar refractivity (Wildman–Crippen MR) is 48.0 cm³/mol. The highest BCUT2D eigenvalue weighted by atomic mass is 16.5. The van der Waals surface area contributed by atoms with Crippen molar-refractivity contribution < 1.29 is 4.65 Å². The molecule has 3 heteroatoms. The number of rotatable bonds is 0. The molecule has 0 N–H and O–H groups in total. The molecule has 0 unspecified atom stereocenters. The van der Waals surface area contributed by atoms with Crippen molar-refractivity contribution in [2.45, 2.75) is 45.4 Å². The first kappa shape index (κ1) is 8.19. The first-order valence-corrected chi connectivity index (χ1v) is 4.03. The zero-order valence-electron chi connectivity index (χ0n) is 7.69. The highest BCUT2D eigenvalue weighted by molar-refractivity contribution is 7.10. The molecular formula is C7H16B2O. The summed E-state index contributed by atoms with van der Waals surface area (Å²) in [7, 11) is 1.18. The van der Waals surface area contributed by atoms with Gasteiger partial charge in [0.1, 0.15) is 7.17 Å². The molecule has 56 valence electrons. The van der Waals surface area contributed by atoms with Crippen molar-refractivity contribution in [2.24, 2.45) is 0 Å². The molecule has 1 saturated heterocycles. The fraction of sp³-hybridized carbons (Fsp3) is 1.00. The third kappa shape index (κ3) is 1.12. The Hall–Kier alpha value is 0.0899. The van der Waals surface area contributed by atoms with Crippen molar-refractivity contribution in [1.29, 1.82) is 0 Å². The summed E-state index contributed by atoms with van der Waals surface area (Å²) in [6, 6.07) is 0. The lowest BCUT2D eigenvalue weighted by Crippen LogP contribution is -2.31. The fourth-order valence-electron chi connectivity index (χ4n) is 1.67. The minimum absolute atomic E-state index is 0.0619. The van der Waals surface area contributed by atoms with E-state index in [1.54, 1.807) is 0 Å². The van der Waals surface area contributed by atoms with E-state index in [1.807, 2.05) is 0 Å². The Labute approximate surface area is 64.9 Å². The molecule has 1 aliphatic rings. The van der Waals surface area contributed by atoms with Gasteiger partial charge in [-0.15, -0.1) is 0 Å². The van der Waals surface area contributed by atoms with Gasteiger partial charge in [0, 0.05) is 5.60 Å². The molecule has 0 aromatic heterocycles. The van der Waals surface area contributed by atoms with Crippen LogP contribution >= 0.6 is 0 Å². The van der Waals surface area contributed by atoms with Crippen molar-refractivity contribution in [3.05, 3.63) is 0 Å². The average Bonchev–Trinajstić information content (AvgIpc) is 1.73. The second kappa shape index (κ2) is 2.04. The minimum Gasteiger partial charge on any atom is -0.440 e. The lowest BCUT2D eigenvalue weighted by atomic mass is 9.26. The zero-order chi connectivity index (χ0) is 7.99. The van der Waals surface area contributed by atoms with Crippen molar-refractivity contribution in [1.82, 2.24) is 0 Å². The lowest BCUT2D eigenvalue weighted by molar-refractivity contribution is 0.0868. The van der Waals surface area contributed by atoms with Crippen molar-refractivity contribution in [3.8, 4) is 0 Å². The van der Waals surface area contributed by atoms with Crippen LogP contribution in [0.1, 0.15) is 27.7 Å². The molecule has 0 radical (unpaired) electrons. The Morgan fingerprint density at radius 3 is 1.80 bits per heavy atom. The molecule has 1 fully saturated rings. The molecule has 0 bridgehead atoms. The Balaban J connectivity index is 2.78. The Kier molecular flexibility index (Phi) is 1.67. The zero-order valence-corrected chi connectivity index (χ0v) is 7.69. The summed E-state index contributed by atoms with van der Waals surface area (Å²) in [6.07, 6.45) is 0. The number of hydrogen-bond acceptors (Lipinski definition) is 1. The highest BCUT2D eigenvalue weighted by Gasteiger charge is 2.47. The van der Waals surface area contributed by atoms with Crippen LogP contribution in [0.25, 0.3) is 0 Å². The van der Waals surface area contributed by atoms with E-state index in [0.717, 1.165) is 0 Å². The molecule has 1 heterocycles. The van der Waals surface area contributed by atoms with Crippen LogP contribution in [-0.4, -0.2) is 19.6 Å². The van der Waals surface area contributed by atoms with E-state index in [0.29, 0.717) is 12.1 Å². The maximum atomic E-state index is 5.76. The van der Waals surface area contributed by atoms with Crippen molar-refractivity contribution in [3.63, 3.8) is 0 Å². The van der Waals surface area contributed by atoms with E-state index in [4.69, 9.17) is 4.65 Å². The van der Waals surface area contributed by atoms with E-state index in [2.05, 4.69) is 34.5 Å². The largest absolute Gasteiger partial charge is 0.440 e. The molecule has 1 nitrogen and oxygen atoms in total. The van der Waals surface area contributed by atoms with Crippen molar-refractivity contribution >= 4 is 14.0 Å². The molecule has 1 aliphatic heterocycles. The van der Waals surface area contributed by atoms with E-state index in [-0.39, 0.29) is 5.60 Å². The van der Waals surface area contributed by atoms with Gasteiger partial charge in [0.15, 0.2) is 0 Å². The molecule has 0 saturated carbocycles. The van der Waals surface area contributed by atoms with Crippen LogP contribution in [-0.2, 0) is 4.65 Å². The van der Waals surface area contributed by atoms with E-state index < -0.39 is 0 Å². The highest BCUT2D eigenvalue weighted by Crippen LogP contribution is 2.45. The third-order valence-electron chi connectivity index (χ3n) is 2.92. The fourth-order valence-corrected chi connectivity index (χ4v) is 1.67. The van der Waals surface area contributed by atoms with Gasteiger partial charge in [0.25, 0.3) is 0 Å². The first-order valence-electron chi connectivity index (χ1n) is 4.03. The second-order valence-corrected chi connectivity index (χ2v) is 4.53. The van der Waals surface area contributed by atoms with Crippen LogP contribution in [0, 0.1) is 0 Å². The van der Waals surface area contributed by atoms with Crippen molar-refractivity contribution in [2.75, 3.05) is 0 Å². The van der Waals surface area contributed by atoms with E-state index in [1.165, 1.54) is 7.17 Å². The van der Waals surface area contributed by atoms with Crippen LogP contribution in [0.3, 0.4) is 0 Å². The summed E-state index contributed by atoms with van der Waals surface area (Å²) in [5.41, 5.74) is 0.0619. The molecule has 0 amide bonds. The maximum Gasteiger partial charge on any atom is 0.249 e. The molecule has 0 aromatic carbocycles. The standard InChI is InChI=1S/C7H16B2O/c1-6(2)7(3,4)10-9(5)8-6/h8H,1-5H3. The van der Waals surface area contributed by atoms with Crippen LogP contribution in [0.5, 0.6) is 0 Å². The molecule has 0 atom stereocenters. The van der Waals surface area contributed by atoms with Gasteiger partial charge in [-0.1, -0.05) is 20.7 Å². The SMILES string of the molecule is CB1BC(C)(C)C(C)(C)O1. The van der Waals surface area contributed by atoms with Crippen LogP contribution in [0.15, 0.2) is 0 Å². The Morgan fingerprint density at radius 1 is 1.20 bits per heavy atom. The van der Waals surface area contributed by atoms with E-state index in [9.17, 15) is 0 Å². The molecular weight excluding hydrogens is 122 g/mol. The second-order valence-electron chi connectivity index (χ2n) is 4.53. The van der Waals surface area contributed by atoms with Crippen LogP contribution in [0.2, 0.25) is 12.1 Å². The van der Waals surface area contributed by atoms with Gasteiger partial charge in [0.2, 0.25) is 6.81 Å². The minimum atomic E-state index is 0.0619. The van der Waals surface area contributed by atoms with Gasteiger partial charge >= 0.3 is 0 Å². The number of hydrogen-bond donors (Lipinski definition) is 0. The summed E-state index contributed by atoms with van der Waals surface area (Å²) >= 11 is 0. The Bertz CT molecular complexity index is 127. The van der Waals surface area contributed by atoms with E-state index >= 15 is 0 Å². The first-order chi connectivity index (χ1) is 4.35. The summed E-state index contributed by atoms with van der Waals surface area (Å²) in [6.45, 7) is 11.5. The normalized spacial score (nSPS) is 28.3. The molecule has 0 aromatic rings. The molecule has 10 heavy (non-hydrogen) atoms. The topological polar surface area (TPSA) is 9.23 Å². The summed E-state index contributed by atoms with van der Waals surface area (Å²) in [4.78, 5) is 0. The third-order valence-corrected chi connectivity index (χ3v) is 2.92. The molecule has 0 aliphatic carbocycles. The monoisotopic (exact) mass is 138 g/mol. The van der Waals surface area contributed by atoms with Gasteiger partial charge in [-0.2, -0.15) is 0 Å². The molecule has 1 rings (SSSR count). The van der Waals surface area contributed by atoms with Gasteiger partial charge in [-0.25, -0.2) is 0 Å². The maximum absolute atomic E-state index is 5.76. The van der Waals surface area contributed by atoms with Gasteiger partial charge in [0.05, 0.1) is 0 Å². The quantitative estimate of drug-likeness (QED) is 0.461. The van der Waals surface area contributed by atoms with Gasteiger partial charge in [-0.05, 0) is 19.2 Å². The van der Waals surface area contributed by atoms with Gasteiger partial charge in [-0.3, -0.25) is 0 Å². The Morgan fingerprint density at radius 2 is 1.70 bits per heavy atom. The summed E-state index contributed by atoms with van der Waals surface area (Å²) < 4.78 is 5.76. The lowest BCUT2D eigenvalue weighted by Gasteiger charge is -2.34. The summed E-state index contributed by atoms with van der Waals surface area (Å²) in [5.74, 6) is 0. The average molecular weight is 138 g/mol.